The first-order valence-electron chi connectivity index (χ1n) is 9.33. The van der Waals surface area contributed by atoms with E-state index in [9.17, 15) is 18.3 Å². The van der Waals surface area contributed by atoms with Crippen molar-refractivity contribution in [2.45, 2.75) is 18.1 Å². The molecule has 0 spiro atoms. The number of aromatic nitrogens is 4. The third-order valence-electron chi connectivity index (χ3n) is 4.77. The van der Waals surface area contributed by atoms with E-state index >= 15 is 8.78 Å². The third kappa shape index (κ3) is 4.48. The molecule has 33 heavy (non-hydrogen) atoms. The van der Waals surface area contributed by atoms with Crippen LogP contribution >= 0.6 is 11.3 Å². The third-order valence-corrected chi connectivity index (χ3v) is 5.84. The van der Waals surface area contributed by atoms with E-state index in [4.69, 9.17) is 0 Å². The number of hydrogen-bond acceptors (Lipinski definition) is 5. The van der Waals surface area contributed by atoms with Crippen molar-refractivity contribution >= 4 is 11.3 Å². The molecule has 11 heteroatoms. The molecule has 1 N–H and O–H groups in total. The molecule has 168 valence electrons. The Bertz CT molecular complexity index is 1330. The van der Waals surface area contributed by atoms with Gasteiger partial charge >= 0.3 is 5.92 Å². The summed E-state index contributed by atoms with van der Waals surface area (Å²) in [6, 6.07) is 9.63. The van der Waals surface area contributed by atoms with E-state index in [1.807, 2.05) is 0 Å². The molecule has 1 atom stereocenters. The quantitative estimate of drug-likeness (QED) is 0.346. The standard InChI is InChI=1S/C22H13F5N4OS/c23-15-4-1-14(2-5-15)3-7-17-8-10-20(33-17)22(26,27)21(32,12-31-13-28-29-30-31)18-9-6-16(24)11-19(18)25/h1-2,4-6,8-11,13,32H,12H2. The number of tetrazole rings is 1. The minimum atomic E-state index is -4.04. The lowest BCUT2D eigenvalue weighted by molar-refractivity contribution is -0.203. The van der Waals surface area contributed by atoms with Crippen molar-refractivity contribution in [3.63, 3.8) is 0 Å². The second-order valence-electron chi connectivity index (χ2n) is 6.99. The minimum absolute atomic E-state index is 0.235. The van der Waals surface area contributed by atoms with E-state index in [1.54, 1.807) is 0 Å². The molecule has 1 unspecified atom stereocenters. The van der Waals surface area contributed by atoms with Gasteiger partial charge in [-0.05, 0) is 59.0 Å². The molecule has 0 radical (unpaired) electrons. The van der Waals surface area contributed by atoms with Crippen molar-refractivity contribution in [1.29, 1.82) is 0 Å². The Balaban J connectivity index is 1.73. The number of rotatable bonds is 5. The van der Waals surface area contributed by atoms with Crippen molar-refractivity contribution in [3.05, 3.63) is 99.3 Å². The van der Waals surface area contributed by atoms with Gasteiger partial charge in [-0.2, -0.15) is 8.78 Å². The highest BCUT2D eigenvalue weighted by Crippen LogP contribution is 2.49. The summed E-state index contributed by atoms with van der Waals surface area (Å²) in [5.74, 6) is -1.39. The number of benzene rings is 2. The molecule has 0 fully saturated rings. The highest BCUT2D eigenvalue weighted by molar-refractivity contribution is 7.12. The Hall–Kier alpha value is -3.62. The van der Waals surface area contributed by atoms with Crippen molar-refractivity contribution in [3.8, 4) is 11.8 Å². The number of thiophene rings is 1. The van der Waals surface area contributed by atoms with Crippen molar-refractivity contribution in [2.75, 3.05) is 0 Å². The lowest BCUT2D eigenvalue weighted by Crippen LogP contribution is -2.47. The number of alkyl halides is 2. The second kappa shape index (κ2) is 8.73. The van der Waals surface area contributed by atoms with E-state index in [1.165, 1.54) is 30.3 Å². The maximum Gasteiger partial charge on any atom is 0.316 e. The monoisotopic (exact) mass is 476 g/mol. The summed E-state index contributed by atoms with van der Waals surface area (Å²) >= 11 is 0.590. The predicted molar refractivity (Wildman–Crippen MR) is 109 cm³/mol. The molecule has 0 saturated carbocycles. The Morgan fingerprint density at radius 1 is 0.939 bits per heavy atom. The summed E-state index contributed by atoms with van der Waals surface area (Å²) in [5, 5.41) is 21.3. The molecular formula is C22H13F5N4OS. The number of aliphatic hydroxyl groups is 1. The molecule has 2 aromatic carbocycles. The Morgan fingerprint density at radius 3 is 2.33 bits per heavy atom. The second-order valence-corrected chi connectivity index (χ2v) is 8.07. The SMILES string of the molecule is OC(Cn1cnnn1)(c1ccc(F)cc1F)C(F)(F)c1ccc(C#Cc2ccc(F)cc2)s1. The fraction of sp³-hybridized carbons (Fsp3) is 0.136. The van der Waals surface area contributed by atoms with Gasteiger partial charge in [-0.3, -0.25) is 0 Å². The van der Waals surface area contributed by atoms with Gasteiger partial charge in [0.1, 0.15) is 23.8 Å². The normalized spacial score (nSPS) is 13.3. The zero-order valence-electron chi connectivity index (χ0n) is 16.5. The first kappa shape index (κ1) is 22.6. The lowest BCUT2D eigenvalue weighted by Gasteiger charge is -2.35. The highest BCUT2D eigenvalue weighted by atomic mass is 32.1. The van der Waals surface area contributed by atoms with Gasteiger partial charge in [0, 0.05) is 17.2 Å². The van der Waals surface area contributed by atoms with Crippen LogP contribution in [0.2, 0.25) is 0 Å². The van der Waals surface area contributed by atoms with Crippen LogP contribution in [-0.2, 0) is 18.1 Å². The maximum absolute atomic E-state index is 15.7. The fourth-order valence-electron chi connectivity index (χ4n) is 3.11. The summed E-state index contributed by atoms with van der Waals surface area (Å²) in [5.41, 5.74) is -3.51. The van der Waals surface area contributed by atoms with Crippen LogP contribution in [-0.4, -0.2) is 25.3 Å². The lowest BCUT2D eigenvalue weighted by atomic mass is 9.85. The van der Waals surface area contributed by atoms with E-state index in [-0.39, 0.29) is 4.88 Å². The molecule has 5 nitrogen and oxygen atoms in total. The van der Waals surface area contributed by atoms with Crippen LogP contribution in [0.15, 0.2) is 60.9 Å². The maximum atomic E-state index is 15.7. The highest BCUT2D eigenvalue weighted by Gasteiger charge is 2.57. The van der Waals surface area contributed by atoms with E-state index in [0.717, 1.165) is 29.2 Å². The molecule has 0 aliphatic rings. The number of hydrogen-bond donors (Lipinski definition) is 1. The molecule has 4 aromatic rings. The fourth-order valence-corrected chi connectivity index (χ4v) is 4.02. The van der Waals surface area contributed by atoms with Crippen LogP contribution in [0.5, 0.6) is 0 Å². The van der Waals surface area contributed by atoms with Gasteiger partial charge < -0.3 is 5.11 Å². The first-order chi connectivity index (χ1) is 15.7. The van der Waals surface area contributed by atoms with Gasteiger partial charge in [0.25, 0.3) is 0 Å². The Kier molecular flexibility index (Phi) is 5.97. The summed E-state index contributed by atoms with van der Waals surface area (Å²) in [6.07, 6.45) is 0.983. The summed E-state index contributed by atoms with van der Waals surface area (Å²) in [7, 11) is 0. The van der Waals surface area contributed by atoms with Crippen LogP contribution in [0.25, 0.3) is 0 Å². The molecule has 0 saturated heterocycles. The molecule has 0 aliphatic heterocycles. The molecule has 4 rings (SSSR count). The van der Waals surface area contributed by atoms with Crippen molar-refractivity contribution in [2.24, 2.45) is 0 Å². The Labute approximate surface area is 188 Å². The van der Waals surface area contributed by atoms with Crippen LogP contribution in [0.4, 0.5) is 22.0 Å². The molecular weight excluding hydrogens is 463 g/mol. The zero-order chi connectivity index (χ0) is 23.6. The smallest absolute Gasteiger partial charge is 0.316 e. The number of halogens is 5. The molecule has 0 amide bonds. The Morgan fingerprint density at radius 2 is 1.67 bits per heavy atom. The van der Waals surface area contributed by atoms with Gasteiger partial charge in [0.15, 0.2) is 5.60 Å². The van der Waals surface area contributed by atoms with Crippen molar-refractivity contribution in [1.82, 2.24) is 20.2 Å². The van der Waals surface area contributed by atoms with Crippen LogP contribution in [0.3, 0.4) is 0 Å². The van der Waals surface area contributed by atoms with Gasteiger partial charge in [-0.25, -0.2) is 17.9 Å². The first-order valence-corrected chi connectivity index (χ1v) is 10.1. The van der Waals surface area contributed by atoms with E-state index in [0.29, 0.717) is 23.0 Å². The van der Waals surface area contributed by atoms with Crippen molar-refractivity contribution < 1.29 is 27.1 Å². The number of nitrogens with zero attached hydrogens (tertiary/aromatic N) is 4. The summed E-state index contributed by atoms with van der Waals surface area (Å²) < 4.78 is 73.2. The summed E-state index contributed by atoms with van der Waals surface area (Å²) in [4.78, 5) is -0.372. The van der Waals surface area contributed by atoms with Crippen LogP contribution in [0, 0.1) is 29.3 Å². The minimum Gasteiger partial charge on any atom is -0.377 e. The van der Waals surface area contributed by atoms with Gasteiger partial charge in [-0.15, -0.1) is 16.4 Å². The topological polar surface area (TPSA) is 63.8 Å². The molecule has 2 aromatic heterocycles. The average Bonchev–Trinajstić information content (AvgIpc) is 3.45. The average molecular weight is 476 g/mol. The molecule has 2 heterocycles. The molecule has 0 bridgehead atoms. The largest absolute Gasteiger partial charge is 0.377 e. The van der Waals surface area contributed by atoms with E-state index in [2.05, 4.69) is 27.4 Å². The van der Waals surface area contributed by atoms with Crippen LogP contribution < -0.4 is 0 Å². The van der Waals surface area contributed by atoms with Crippen LogP contribution in [0.1, 0.15) is 20.9 Å². The van der Waals surface area contributed by atoms with Gasteiger partial charge in [-0.1, -0.05) is 11.8 Å². The predicted octanol–water partition coefficient (Wildman–Crippen LogP) is 4.23. The zero-order valence-corrected chi connectivity index (χ0v) is 17.3. The van der Waals surface area contributed by atoms with E-state index < -0.39 is 46.0 Å². The van der Waals surface area contributed by atoms with Gasteiger partial charge in [0.2, 0.25) is 0 Å². The summed E-state index contributed by atoms with van der Waals surface area (Å²) in [6.45, 7) is -0.913. The molecule has 0 aliphatic carbocycles. The van der Waals surface area contributed by atoms with Gasteiger partial charge in [0.05, 0.1) is 16.3 Å².